The van der Waals surface area contributed by atoms with Gasteiger partial charge in [-0.2, -0.15) is 0 Å². The number of fused-ring (bicyclic) bond motifs is 1. The van der Waals surface area contributed by atoms with Gasteiger partial charge in [-0.15, -0.1) is 0 Å². The van der Waals surface area contributed by atoms with Gasteiger partial charge in [-0.05, 0) is 30.7 Å². The second kappa shape index (κ2) is 8.99. The van der Waals surface area contributed by atoms with Gasteiger partial charge in [-0.25, -0.2) is 18.4 Å². The molecule has 0 atom stereocenters. The topological polar surface area (TPSA) is 127 Å². The summed E-state index contributed by atoms with van der Waals surface area (Å²) < 4.78 is 38.7. The summed E-state index contributed by atoms with van der Waals surface area (Å²) in [5, 5.41) is 3.05. The van der Waals surface area contributed by atoms with Crippen LogP contribution in [0.3, 0.4) is 0 Å². The number of benzene rings is 2. The van der Waals surface area contributed by atoms with Gasteiger partial charge in [0, 0.05) is 5.39 Å². The third-order valence-electron chi connectivity index (χ3n) is 4.08. The van der Waals surface area contributed by atoms with Crippen molar-refractivity contribution in [2.45, 2.75) is 6.42 Å². The molecule has 1 aromatic heterocycles. The molecule has 0 spiro atoms. The number of nitrogen functional groups attached to an aromatic ring is 1. The SMILES string of the molecule is Nc1ncnc2c(C(=O)Nc3c(Cl)ccc(NS(=O)(=O)CCCF)c3Cl)cccc12. The predicted octanol–water partition coefficient (Wildman–Crippen LogP) is 3.87. The zero-order valence-electron chi connectivity index (χ0n) is 15.3. The third kappa shape index (κ3) is 4.72. The number of hydrogen-bond donors (Lipinski definition) is 3. The van der Waals surface area contributed by atoms with Crippen LogP contribution in [0.1, 0.15) is 16.8 Å². The molecule has 0 saturated carbocycles. The predicted molar refractivity (Wildman–Crippen MR) is 116 cm³/mol. The normalized spacial score (nSPS) is 11.4. The number of sulfonamides is 1. The van der Waals surface area contributed by atoms with Crippen molar-refractivity contribution in [3.05, 3.63) is 52.3 Å². The second-order valence-electron chi connectivity index (χ2n) is 6.16. The number of hydrogen-bond acceptors (Lipinski definition) is 6. The zero-order valence-corrected chi connectivity index (χ0v) is 17.7. The fraction of sp³-hybridized carbons (Fsp3) is 0.167. The summed E-state index contributed by atoms with van der Waals surface area (Å²) in [6, 6.07) is 7.55. The monoisotopic (exact) mass is 471 g/mol. The van der Waals surface area contributed by atoms with Crippen LogP contribution in [-0.4, -0.2) is 36.7 Å². The van der Waals surface area contributed by atoms with Gasteiger partial charge in [0.2, 0.25) is 10.0 Å². The molecule has 1 amide bonds. The van der Waals surface area contributed by atoms with E-state index in [1.807, 2.05) is 0 Å². The molecule has 0 unspecified atom stereocenters. The highest BCUT2D eigenvalue weighted by Gasteiger charge is 2.20. The van der Waals surface area contributed by atoms with Gasteiger partial charge < -0.3 is 11.1 Å². The van der Waals surface area contributed by atoms with E-state index in [1.54, 1.807) is 12.1 Å². The number of nitrogens with one attached hydrogen (secondary N) is 2. The van der Waals surface area contributed by atoms with Crippen LogP contribution in [0.25, 0.3) is 10.9 Å². The zero-order chi connectivity index (χ0) is 21.9. The van der Waals surface area contributed by atoms with E-state index in [9.17, 15) is 17.6 Å². The Morgan fingerprint density at radius 3 is 2.67 bits per heavy atom. The number of alkyl halides is 1. The summed E-state index contributed by atoms with van der Waals surface area (Å²) >= 11 is 12.4. The highest BCUT2D eigenvalue weighted by Crippen LogP contribution is 2.37. The van der Waals surface area contributed by atoms with Crippen LogP contribution in [0.4, 0.5) is 21.6 Å². The summed E-state index contributed by atoms with van der Waals surface area (Å²) in [6.45, 7) is -0.768. The second-order valence-corrected chi connectivity index (χ2v) is 8.79. The number of rotatable bonds is 7. The van der Waals surface area contributed by atoms with Crippen molar-refractivity contribution in [2.24, 2.45) is 0 Å². The standard InChI is InChI=1S/C18H16Cl2FN5O3S/c19-12-5-6-13(26-30(28,29)8-2-7-21)14(20)16(12)25-18(27)11-4-1-3-10-15(11)23-9-24-17(10)22/h1,3-6,9,26H,2,7-8H2,(H,25,27)(H2,22,23,24). The summed E-state index contributed by atoms with van der Waals surface area (Å²) in [5.41, 5.74) is 6.36. The molecule has 3 aromatic rings. The molecule has 30 heavy (non-hydrogen) atoms. The van der Waals surface area contributed by atoms with E-state index in [1.165, 1.54) is 24.5 Å². The summed E-state index contributed by atoms with van der Waals surface area (Å²) in [4.78, 5) is 20.9. The van der Waals surface area contributed by atoms with E-state index >= 15 is 0 Å². The molecular weight excluding hydrogens is 456 g/mol. The molecule has 158 valence electrons. The van der Waals surface area contributed by atoms with Crippen LogP contribution in [0.15, 0.2) is 36.7 Å². The lowest BCUT2D eigenvalue weighted by molar-refractivity contribution is 0.102. The fourth-order valence-corrected chi connectivity index (χ4v) is 4.35. The van der Waals surface area contributed by atoms with E-state index < -0.39 is 28.4 Å². The first-order valence-electron chi connectivity index (χ1n) is 8.58. The molecule has 0 saturated heterocycles. The Labute approximate surface area is 181 Å². The Balaban J connectivity index is 1.94. The summed E-state index contributed by atoms with van der Waals surface area (Å²) in [6.07, 6.45) is 1.08. The summed E-state index contributed by atoms with van der Waals surface area (Å²) in [7, 11) is -3.82. The number of carbonyl (C=O) groups excluding carboxylic acids is 1. The van der Waals surface area contributed by atoms with Crippen molar-refractivity contribution < 1.29 is 17.6 Å². The van der Waals surface area contributed by atoms with Gasteiger partial charge in [0.05, 0.1) is 44.9 Å². The van der Waals surface area contributed by atoms with Gasteiger partial charge in [0.25, 0.3) is 5.91 Å². The number of anilines is 3. The van der Waals surface area contributed by atoms with Crippen LogP contribution < -0.4 is 15.8 Å². The highest BCUT2D eigenvalue weighted by molar-refractivity contribution is 7.92. The number of amides is 1. The minimum absolute atomic E-state index is 0.000265. The largest absolute Gasteiger partial charge is 0.383 e. The highest BCUT2D eigenvalue weighted by atomic mass is 35.5. The van der Waals surface area contributed by atoms with Gasteiger partial charge in [-0.3, -0.25) is 13.9 Å². The Morgan fingerprint density at radius 1 is 1.17 bits per heavy atom. The molecule has 0 aliphatic rings. The Hall–Kier alpha value is -2.69. The minimum atomic E-state index is -3.82. The van der Waals surface area contributed by atoms with Crippen molar-refractivity contribution in [1.82, 2.24) is 9.97 Å². The van der Waals surface area contributed by atoms with E-state index in [4.69, 9.17) is 28.9 Å². The Morgan fingerprint density at radius 2 is 1.93 bits per heavy atom. The van der Waals surface area contributed by atoms with Crippen molar-refractivity contribution >= 4 is 67.2 Å². The number of halogens is 3. The number of nitrogens with two attached hydrogens (primary N) is 1. The smallest absolute Gasteiger partial charge is 0.257 e. The fourth-order valence-electron chi connectivity index (χ4n) is 2.68. The molecule has 0 radical (unpaired) electrons. The minimum Gasteiger partial charge on any atom is -0.383 e. The average Bonchev–Trinajstić information content (AvgIpc) is 2.71. The quantitative estimate of drug-likeness (QED) is 0.479. The molecule has 0 aliphatic heterocycles. The van der Waals surface area contributed by atoms with Crippen molar-refractivity contribution in [3.8, 4) is 0 Å². The molecule has 0 aliphatic carbocycles. The first kappa shape index (κ1) is 22.0. The van der Waals surface area contributed by atoms with Gasteiger partial charge in [0.1, 0.15) is 12.1 Å². The maximum atomic E-state index is 12.9. The molecule has 0 bridgehead atoms. The first-order valence-corrected chi connectivity index (χ1v) is 11.0. The van der Waals surface area contributed by atoms with Crippen molar-refractivity contribution in [2.75, 3.05) is 28.2 Å². The molecular formula is C18H16Cl2FN5O3S. The number of aromatic nitrogens is 2. The van der Waals surface area contributed by atoms with E-state index in [2.05, 4.69) is 20.0 Å². The molecule has 2 aromatic carbocycles. The molecule has 8 nitrogen and oxygen atoms in total. The van der Waals surface area contributed by atoms with E-state index in [0.717, 1.165) is 0 Å². The number of para-hydroxylation sites is 1. The summed E-state index contributed by atoms with van der Waals surface area (Å²) in [5.74, 6) is -0.781. The lowest BCUT2D eigenvalue weighted by Crippen LogP contribution is -2.18. The molecule has 12 heteroatoms. The average molecular weight is 472 g/mol. The van der Waals surface area contributed by atoms with Crippen LogP contribution in [0, 0.1) is 0 Å². The van der Waals surface area contributed by atoms with Crippen LogP contribution in [-0.2, 0) is 10.0 Å². The van der Waals surface area contributed by atoms with Gasteiger partial charge in [0.15, 0.2) is 0 Å². The molecule has 0 fully saturated rings. The Kier molecular flexibility index (Phi) is 6.59. The van der Waals surface area contributed by atoms with Crippen molar-refractivity contribution in [1.29, 1.82) is 0 Å². The lowest BCUT2D eigenvalue weighted by atomic mass is 10.1. The first-order chi connectivity index (χ1) is 14.2. The van der Waals surface area contributed by atoms with Gasteiger partial charge in [-0.1, -0.05) is 29.3 Å². The maximum absolute atomic E-state index is 12.9. The molecule has 3 rings (SSSR count). The van der Waals surface area contributed by atoms with Crippen LogP contribution in [0.2, 0.25) is 10.0 Å². The Bertz CT molecular complexity index is 1220. The van der Waals surface area contributed by atoms with Crippen LogP contribution in [0.5, 0.6) is 0 Å². The molecule has 4 N–H and O–H groups in total. The lowest BCUT2D eigenvalue weighted by Gasteiger charge is -2.15. The van der Waals surface area contributed by atoms with Crippen molar-refractivity contribution in [3.63, 3.8) is 0 Å². The maximum Gasteiger partial charge on any atom is 0.257 e. The van der Waals surface area contributed by atoms with E-state index in [0.29, 0.717) is 10.9 Å². The number of nitrogens with zero attached hydrogens (tertiary/aromatic N) is 2. The molecule has 1 heterocycles. The van der Waals surface area contributed by atoms with E-state index in [-0.39, 0.29) is 39.2 Å². The van der Waals surface area contributed by atoms with Crippen LogP contribution >= 0.6 is 23.2 Å². The number of carbonyl (C=O) groups is 1. The van der Waals surface area contributed by atoms with Gasteiger partial charge >= 0.3 is 0 Å². The third-order valence-corrected chi connectivity index (χ3v) is 6.15.